The molecule has 0 unspecified atom stereocenters. The number of pyridine rings is 1. The maximum atomic E-state index is 14.0. The molecule has 5 rings (SSSR count). The Morgan fingerprint density at radius 3 is 2.26 bits per heavy atom. The van der Waals surface area contributed by atoms with E-state index in [1.807, 2.05) is 60.7 Å². The van der Waals surface area contributed by atoms with Gasteiger partial charge in [-0.3, -0.25) is 9.59 Å². The SMILES string of the molecule is COC(=O)N[C@H](C(=O)Nc1c(CC[C@@H]2CNC[C@@H](COc3ccc(C#N)cc3)O2)cc[nH]c1=O)C(c1ccccc1)c1ccccc1. The fourth-order valence-corrected chi connectivity index (χ4v) is 5.62. The summed E-state index contributed by atoms with van der Waals surface area (Å²) >= 11 is 0. The summed E-state index contributed by atoms with van der Waals surface area (Å²) < 4.78 is 17.0. The van der Waals surface area contributed by atoms with E-state index in [0.717, 1.165) is 11.1 Å². The molecule has 0 aliphatic carbocycles. The molecule has 4 N–H and O–H groups in total. The quantitative estimate of drug-likeness (QED) is 0.181. The highest BCUT2D eigenvalue weighted by atomic mass is 16.5. The van der Waals surface area contributed by atoms with Gasteiger partial charge in [0, 0.05) is 25.2 Å². The summed E-state index contributed by atoms with van der Waals surface area (Å²) in [5.41, 5.74) is 2.45. The zero-order valence-electron chi connectivity index (χ0n) is 26.0. The number of aromatic amines is 1. The Bertz CT molecular complexity index is 1680. The number of hydrogen-bond donors (Lipinski definition) is 4. The Balaban J connectivity index is 1.29. The van der Waals surface area contributed by atoms with Crippen LogP contribution in [0.15, 0.2) is 102 Å². The molecule has 3 aromatic carbocycles. The molecule has 1 aliphatic rings. The van der Waals surface area contributed by atoms with E-state index in [0.29, 0.717) is 49.4 Å². The highest BCUT2D eigenvalue weighted by molar-refractivity contribution is 5.98. The fraction of sp³-hybridized carbons (Fsp3) is 0.278. The summed E-state index contributed by atoms with van der Waals surface area (Å²) in [6.45, 7) is 1.58. The monoisotopic (exact) mass is 635 g/mol. The van der Waals surface area contributed by atoms with Gasteiger partial charge in [-0.2, -0.15) is 5.26 Å². The van der Waals surface area contributed by atoms with Crippen molar-refractivity contribution in [3.8, 4) is 11.8 Å². The number of ether oxygens (including phenoxy) is 3. The number of nitrogens with one attached hydrogen (secondary N) is 4. The lowest BCUT2D eigenvalue weighted by atomic mass is 9.84. The number of aryl methyl sites for hydroxylation is 1. The van der Waals surface area contributed by atoms with E-state index >= 15 is 0 Å². The number of alkyl carbamates (subject to hydrolysis) is 1. The minimum Gasteiger partial charge on any atom is -0.491 e. The lowest BCUT2D eigenvalue weighted by Gasteiger charge is -2.31. The molecule has 0 bridgehead atoms. The second-order valence-corrected chi connectivity index (χ2v) is 11.1. The van der Waals surface area contributed by atoms with Gasteiger partial charge in [0.2, 0.25) is 5.91 Å². The predicted molar refractivity (Wildman–Crippen MR) is 176 cm³/mol. The topological polar surface area (TPSA) is 155 Å². The number of carbonyl (C=O) groups excluding carboxylic acids is 2. The number of amides is 2. The molecule has 1 aromatic heterocycles. The molecule has 2 amide bonds. The van der Waals surface area contributed by atoms with E-state index < -0.39 is 29.5 Å². The van der Waals surface area contributed by atoms with Crippen molar-refractivity contribution >= 4 is 17.7 Å². The number of aromatic nitrogens is 1. The molecular formula is C36H37N5O6. The van der Waals surface area contributed by atoms with Crippen molar-refractivity contribution in [1.29, 1.82) is 5.26 Å². The third-order valence-corrected chi connectivity index (χ3v) is 7.97. The van der Waals surface area contributed by atoms with Gasteiger partial charge in [-0.05, 0) is 59.9 Å². The van der Waals surface area contributed by atoms with Crippen molar-refractivity contribution in [2.24, 2.45) is 0 Å². The largest absolute Gasteiger partial charge is 0.491 e. The molecule has 0 radical (unpaired) electrons. The van der Waals surface area contributed by atoms with E-state index in [4.69, 9.17) is 19.5 Å². The number of nitrogens with zero attached hydrogens (tertiary/aromatic N) is 1. The van der Waals surface area contributed by atoms with Crippen LogP contribution in [-0.4, -0.2) is 62.0 Å². The number of hydrogen-bond acceptors (Lipinski definition) is 8. The van der Waals surface area contributed by atoms with Crippen LogP contribution in [0.4, 0.5) is 10.5 Å². The molecule has 11 nitrogen and oxygen atoms in total. The standard InChI is InChI=1S/C36H37N5O6/c1-45-36(44)41-33(31(25-8-4-2-5-9-25)26-10-6-3-7-11-26)35(43)40-32-27(18-19-39-34(32)42)14-17-29-21-38-22-30(47-29)23-46-28-15-12-24(20-37)13-16-28/h2-13,15-16,18-19,29-31,33,38H,14,17,21-23H2,1H3,(H,39,42)(H,40,43)(H,41,44)/t29-,30+,33+/m1/s1. The van der Waals surface area contributed by atoms with Crippen LogP contribution in [0.5, 0.6) is 5.75 Å². The zero-order valence-corrected chi connectivity index (χ0v) is 26.0. The second-order valence-electron chi connectivity index (χ2n) is 11.1. The molecular weight excluding hydrogens is 598 g/mol. The molecule has 1 fully saturated rings. The van der Waals surface area contributed by atoms with E-state index in [1.54, 1.807) is 36.5 Å². The van der Waals surface area contributed by atoms with E-state index in [1.165, 1.54) is 7.11 Å². The summed E-state index contributed by atoms with van der Waals surface area (Å²) in [7, 11) is 1.23. The summed E-state index contributed by atoms with van der Waals surface area (Å²) in [5.74, 6) is -0.491. The van der Waals surface area contributed by atoms with Gasteiger partial charge in [0.25, 0.3) is 5.56 Å². The van der Waals surface area contributed by atoms with Crippen LogP contribution >= 0.6 is 0 Å². The molecule has 2 heterocycles. The maximum Gasteiger partial charge on any atom is 0.407 e. The zero-order chi connectivity index (χ0) is 33.0. The average molecular weight is 636 g/mol. The van der Waals surface area contributed by atoms with Gasteiger partial charge in [0.15, 0.2) is 0 Å². The predicted octanol–water partition coefficient (Wildman–Crippen LogP) is 4.11. The molecule has 1 saturated heterocycles. The van der Waals surface area contributed by atoms with Gasteiger partial charge in [-0.25, -0.2) is 4.79 Å². The van der Waals surface area contributed by atoms with Gasteiger partial charge < -0.3 is 35.1 Å². The minimum atomic E-state index is -1.11. The van der Waals surface area contributed by atoms with Gasteiger partial charge >= 0.3 is 6.09 Å². The van der Waals surface area contributed by atoms with Crippen molar-refractivity contribution in [3.63, 3.8) is 0 Å². The normalized spacial score (nSPS) is 16.4. The number of nitriles is 1. The molecule has 0 saturated carbocycles. The van der Waals surface area contributed by atoms with Crippen LogP contribution in [0.1, 0.15) is 34.6 Å². The number of rotatable bonds is 12. The molecule has 11 heteroatoms. The average Bonchev–Trinajstić information content (AvgIpc) is 3.12. The number of carbonyl (C=O) groups is 2. The number of morpholine rings is 1. The van der Waals surface area contributed by atoms with Gasteiger partial charge in [-0.1, -0.05) is 60.7 Å². The smallest absolute Gasteiger partial charge is 0.407 e. The van der Waals surface area contributed by atoms with Gasteiger partial charge in [-0.15, -0.1) is 0 Å². The first-order valence-electron chi connectivity index (χ1n) is 15.4. The highest BCUT2D eigenvalue weighted by Crippen LogP contribution is 2.29. The number of H-pyrrole nitrogens is 1. The molecule has 242 valence electrons. The van der Waals surface area contributed by atoms with Crippen LogP contribution in [-0.2, 0) is 20.7 Å². The van der Waals surface area contributed by atoms with Crippen LogP contribution in [0.3, 0.4) is 0 Å². The first-order valence-corrected chi connectivity index (χ1v) is 15.4. The van der Waals surface area contributed by atoms with Crippen LogP contribution in [0, 0.1) is 11.3 Å². The summed E-state index contributed by atoms with van der Waals surface area (Å²) in [4.78, 5) is 42.3. The first-order chi connectivity index (χ1) is 22.9. The van der Waals surface area contributed by atoms with Crippen LogP contribution < -0.4 is 26.2 Å². The summed E-state index contributed by atoms with van der Waals surface area (Å²) in [5, 5.41) is 17.9. The minimum absolute atomic E-state index is 0.110. The van der Waals surface area contributed by atoms with Crippen molar-refractivity contribution in [2.75, 3.05) is 32.1 Å². The van der Waals surface area contributed by atoms with Crippen molar-refractivity contribution < 1.29 is 23.8 Å². The Kier molecular flexibility index (Phi) is 11.4. The third kappa shape index (κ3) is 8.85. The third-order valence-electron chi connectivity index (χ3n) is 7.97. The van der Waals surface area contributed by atoms with Crippen LogP contribution in [0.25, 0.3) is 0 Å². The van der Waals surface area contributed by atoms with Crippen molar-refractivity contribution in [2.45, 2.75) is 37.0 Å². The van der Waals surface area contributed by atoms with Gasteiger partial charge in [0.05, 0.1) is 24.8 Å². The summed E-state index contributed by atoms with van der Waals surface area (Å²) in [6.07, 6.45) is 1.45. The Labute approximate surface area is 272 Å². The van der Waals surface area contributed by atoms with E-state index in [9.17, 15) is 14.4 Å². The molecule has 47 heavy (non-hydrogen) atoms. The van der Waals surface area contributed by atoms with Gasteiger partial charge in [0.1, 0.15) is 30.2 Å². The second kappa shape index (κ2) is 16.2. The Morgan fingerprint density at radius 1 is 0.957 bits per heavy atom. The lowest BCUT2D eigenvalue weighted by molar-refractivity contribution is -0.118. The highest BCUT2D eigenvalue weighted by Gasteiger charge is 2.34. The van der Waals surface area contributed by atoms with Crippen LogP contribution in [0.2, 0.25) is 0 Å². The molecule has 0 spiro atoms. The number of anilines is 1. The number of methoxy groups -OCH3 is 1. The van der Waals surface area contributed by atoms with Crippen molar-refractivity contribution in [1.82, 2.24) is 15.6 Å². The number of benzene rings is 3. The molecule has 1 aliphatic heterocycles. The van der Waals surface area contributed by atoms with E-state index in [-0.39, 0.29) is 17.9 Å². The fourth-order valence-electron chi connectivity index (χ4n) is 5.62. The molecule has 3 atom stereocenters. The maximum absolute atomic E-state index is 14.0. The molecule has 4 aromatic rings. The lowest BCUT2D eigenvalue weighted by Crippen LogP contribution is -2.48. The van der Waals surface area contributed by atoms with E-state index in [2.05, 4.69) is 27.0 Å². The Hall–Kier alpha value is -5.44. The Morgan fingerprint density at radius 2 is 1.62 bits per heavy atom. The van der Waals surface area contributed by atoms with Crippen molar-refractivity contribution in [3.05, 3.63) is 130 Å². The summed E-state index contributed by atoms with van der Waals surface area (Å²) in [6, 6.07) is 28.4. The first kappa shape index (κ1) is 32.9.